The number of imidazole rings is 1. The molecule has 5 heteroatoms. The Morgan fingerprint density at radius 2 is 2.06 bits per heavy atom. The molecule has 0 aliphatic carbocycles. The fraction of sp³-hybridized carbons (Fsp3) is 0.462. The largest absolute Gasteiger partial charge is 0.327 e. The highest BCUT2D eigenvalue weighted by atomic mass is 16.1. The number of H-pyrrole nitrogens is 1. The molecular weight excluding hydrogens is 228 g/mol. The lowest BCUT2D eigenvalue weighted by atomic mass is 10.3. The highest BCUT2D eigenvalue weighted by Crippen LogP contribution is 2.10. The van der Waals surface area contributed by atoms with Crippen molar-refractivity contribution in [2.75, 3.05) is 0 Å². The van der Waals surface area contributed by atoms with Crippen LogP contribution in [-0.4, -0.2) is 20.6 Å². The second kappa shape index (κ2) is 6.14. The molecule has 0 amide bonds. The quantitative estimate of drug-likeness (QED) is 0.789. The molecular formula is C13H20N4O. The molecule has 0 saturated carbocycles. The number of hydrogen-bond acceptors (Lipinski definition) is 3. The van der Waals surface area contributed by atoms with Crippen molar-refractivity contribution >= 4 is 17.7 Å². The summed E-state index contributed by atoms with van der Waals surface area (Å²) in [5.41, 5.74) is 1.01. The molecule has 1 N–H and O–H groups in total. The molecule has 2 aromatic rings. The lowest BCUT2D eigenvalue weighted by Crippen LogP contribution is -2.14. The van der Waals surface area contributed by atoms with Crippen LogP contribution in [0.25, 0.3) is 5.78 Å². The van der Waals surface area contributed by atoms with Gasteiger partial charge in [-0.3, -0.25) is 14.2 Å². The van der Waals surface area contributed by atoms with E-state index in [1.165, 1.54) is 4.40 Å². The molecule has 0 aliphatic heterocycles. The van der Waals surface area contributed by atoms with E-state index in [4.69, 9.17) is 0 Å². The Hall–Kier alpha value is -1.91. The zero-order valence-corrected chi connectivity index (χ0v) is 11.6. The topological polar surface area (TPSA) is 62.5 Å². The molecule has 2 rings (SSSR count). The number of aryl methyl sites for hydroxylation is 1. The van der Waals surface area contributed by atoms with Crippen LogP contribution in [0.15, 0.2) is 22.2 Å². The maximum Gasteiger partial charge on any atom is 0.285 e. The number of rotatable bonds is 1. The molecule has 0 aliphatic rings. The lowest BCUT2D eigenvalue weighted by molar-refractivity contribution is 0.737. The number of nitrogens with one attached hydrogen (secondary N) is 1. The zero-order valence-electron chi connectivity index (χ0n) is 11.6. The average molecular weight is 248 g/mol. The third-order valence-corrected chi connectivity index (χ3v) is 1.97. The number of aliphatic imine (C=N–C) groups is 1. The summed E-state index contributed by atoms with van der Waals surface area (Å²) in [6.07, 6.45) is 4.79. The van der Waals surface area contributed by atoms with E-state index in [9.17, 15) is 4.79 Å². The molecule has 2 aromatic heterocycles. The van der Waals surface area contributed by atoms with E-state index in [2.05, 4.69) is 35.7 Å². The first-order chi connectivity index (χ1) is 8.47. The Morgan fingerprint density at radius 1 is 1.44 bits per heavy atom. The van der Waals surface area contributed by atoms with Crippen LogP contribution in [0, 0.1) is 12.8 Å². The van der Waals surface area contributed by atoms with Crippen LogP contribution in [0.2, 0.25) is 0 Å². The molecule has 0 saturated heterocycles. The van der Waals surface area contributed by atoms with Crippen LogP contribution >= 0.6 is 0 Å². The van der Waals surface area contributed by atoms with Crippen LogP contribution in [0.1, 0.15) is 33.4 Å². The van der Waals surface area contributed by atoms with E-state index in [0.29, 0.717) is 11.5 Å². The molecule has 0 atom stereocenters. The van der Waals surface area contributed by atoms with E-state index in [0.717, 1.165) is 11.6 Å². The van der Waals surface area contributed by atoms with E-state index in [1.807, 2.05) is 0 Å². The highest BCUT2D eigenvalue weighted by molar-refractivity contribution is 5.61. The Labute approximate surface area is 107 Å². The van der Waals surface area contributed by atoms with Crippen molar-refractivity contribution in [2.45, 2.75) is 34.6 Å². The van der Waals surface area contributed by atoms with Gasteiger partial charge >= 0.3 is 0 Å². The van der Waals surface area contributed by atoms with Crippen molar-refractivity contribution < 1.29 is 0 Å². The maximum absolute atomic E-state index is 11.8. The standard InChI is InChI=1S/C9H10N4O.C4H10/c1-3-10-7-6(2)12-9-11-4-5-13(9)8(7)14;1-4(2)3/h3-5H,1-2H3,(H,11,12);4H,1-3H3. The highest BCUT2D eigenvalue weighted by Gasteiger charge is 2.06. The first-order valence-electron chi connectivity index (χ1n) is 6.02. The predicted molar refractivity (Wildman–Crippen MR) is 74.9 cm³/mol. The van der Waals surface area contributed by atoms with E-state index in [1.54, 1.807) is 32.5 Å². The molecule has 0 spiro atoms. The third-order valence-electron chi connectivity index (χ3n) is 1.97. The van der Waals surface area contributed by atoms with Crippen molar-refractivity contribution in [2.24, 2.45) is 10.9 Å². The van der Waals surface area contributed by atoms with Gasteiger partial charge in [0.15, 0.2) is 0 Å². The Balaban J connectivity index is 0.000000357. The Kier molecular flexibility index (Phi) is 4.83. The third kappa shape index (κ3) is 3.29. The minimum atomic E-state index is -0.146. The molecule has 98 valence electrons. The van der Waals surface area contributed by atoms with Crippen molar-refractivity contribution in [3.05, 3.63) is 28.4 Å². The van der Waals surface area contributed by atoms with Gasteiger partial charge in [0, 0.05) is 24.3 Å². The van der Waals surface area contributed by atoms with Crippen molar-refractivity contribution in [1.29, 1.82) is 0 Å². The second-order valence-corrected chi connectivity index (χ2v) is 4.64. The second-order valence-electron chi connectivity index (χ2n) is 4.64. The van der Waals surface area contributed by atoms with Gasteiger partial charge in [0.05, 0.1) is 0 Å². The fourth-order valence-corrected chi connectivity index (χ4v) is 1.34. The van der Waals surface area contributed by atoms with Gasteiger partial charge in [0.2, 0.25) is 5.78 Å². The molecule has 0 aromatic carbocycles. The zero-order chi connectivity index (χ0) is 13.7. The number of hydrogen-bond donors (Lipinski definition) is 1. The maximum atomic E-state index is 11.8. The van der Waals surface area contributed by atoms with Crippen molar-refractivity contribution in [3.63, 3.8) is 0 Å². The summed E-state index contributed by atoms with van der Waals surface area (Å²) in [4.78, 5) is 22.8. The summed E-state index contributed by atoms with van der Waals surface area (Å²) < 4.78 is 1.44. The monoisotopic (exact) mass is 248 g/mol. The van der Waals surface area contributed by atoms with Gasteiger partial charge in [-0.2, -0.15) is 0 Å². The molecule has 0 radical (unpaired) electrons. The summed E-state index contributed by atoms with van der Waals surface area (Å²) in [6, 6.07) is 0. The smallest absolute Gasteiger partial charge is 0.285 e. The first-order valence-corrected chi connectivity index (χ1v) is 6.02. The molecule has 0 fully saturated rings. The Morgan fingerprint density at radius 3 is 2.61 bits per heavy atom. The van der Waals surface area contributed by atoms with Crippen LogP contribution in [-0.2, 0) is 0 Å². The van der Waals surface area contributed by atoms with E-state index in [-0.39, 0.29) is 5.56 Å². The molecule has 2 heterocycles. The lowest BCUT2D eigenvalue weighted by Gasteiger charge is -2.00. The van der Waals surface area contributed by atoms with E-state index < -0.39 is 0 Å². The Bertz CT molecular complexity index is 590. The minimum Gasteiger partial charge on any atom is -0.327 e. The van der Waals surface area contributed by atoms with Gasteiger partial charge < -0.3 is 4.98 Å². The summed E-state index contributed by atoms with van der Waals surface area (Å²) >= 11 is 0. The number of fused-ring (bicyclic) bond motifs is 1. The van der Waals surface area contributed by atoms with Gasteiger partial charge in [-0.05, 0) is 19.8 Å². The van der Waals surface area contributed by atoms with E-state index >= 15 is 0 Å². The predicted octanol–water partition coefficient (Wildman–Crippen LogP) is 2.72. The first kappa shape index (κ1) is 14.2. The molecule has 0 bridgehead atoms. The van der Waals surface area contributed by atoms with Gasteiger partial charge in [0.25, 0.3) is 5.56 Å². The molecule has 0 unspecified atom stereocenters. The van der Waals surface area contributed by atoms with Gasteiger partial charge in [-0.25, -0.2) is 4.98 Å². The van der Waals surface area contributed by atoms with Crippen molar-refractivity contribution in [1.82, 2.24) is 14.4 Å². The number of nitrogens with zero attached hydrogens (tertiary/aromatic N) is 3. The summed E-state index contributed by atoms with van der Waals surface area (Å²) in [5.74, 6) is 1.38. The summed E-state index contributed by atoms with van der Waals surface area (Å²) in [5, 5.41) is 0. The van der Waals surface area contributed by atoms with Crippen molar-refractivity contribution in [3.8, 4) is 0 Å². The summed E-state index contributed by atoms with van der Waals surface area (Å²) in [6.45, 7) is 10.1. The van der Waals surface area contributed by atoms with Crippen LogP contribution in [0.5, 0.6) is 0 Å². The minimum absolute atomic E-state index is 0.146. The molecule has 5 nitrogen and oxygen atoms in total. The average Bonchev–Trinajstić information content (AvgIpc) is 2.71. The van der Waals surface area contributed by atoms with Crippen LogP contribution in [0.3, 0.4) is 0 Å². The fourth-order valence-electron chi connectivity index (χ4n) is 1.34. The van der Waals surface area contributed by atoms with Crippen LogP contribution < -0.4 is 5.56 Å². The van der Waals surface area contributed by atoms with Gasteiger partial charge in [0.1, 0.15) is 5.69 Å². The SMILES string of the molecule is CC(C)C.CC=Nc1c(C)[nH]c2nccn2c1=O. The van der Waals surface area contributed by atoms with Crippen LogP contribution in [0.4, 0.5) is 5.69 Å². The summed E-state index contributed by atoms with van der Waals surface area (Å²) in [7, 11) is 0. The number of aromatic nitrogens is 3. The van der Waals surface area contributed by atoms with Gasteiger partial charge in [-0.15, -0.1) is 0 Å². The molecule has 18 heavy (non-hydrogen) atoms. The normalized spacial score (nSPS) is 11.0. The van der Waals surface area contributed by atoms with Gasteiger partial charge in [-0.1, -0.05) is 20.8 Å². The number of aromatic amines is 1.